The molecule has 0 bridgehead atoms. The fraction of sp³-hybridized carbons (Fsp3) is 0.308. The Kier molecular flexibility index (Phi) is 3.72. The zero-order chi connectivity index (χ0) is 13.1. The molecule has 0 aliphatic carbocycles. The van der Waals surface area contributed by atoms with Gasteiger partial charge < -0.3 is 10.0 Å². The number of rotatable bonds is 2. The van der Waals surface area contributed by atoms with Crippen LogP contribution in [0.25, 0.3) is 5.57 Å². The Morgan fingerprint density at radius 3 is 2.50 bits per heavy atom. The molecule has 18 heavy (non-hydrogen) atoms. The van der Waals surface area contributed by atoms with Crippen LogP contribution in [0.5, 0.6) is 0 Å². The predicted octanol–water partition coefficient (Wildman–Crippen LogP) is 1.57. The van der Waals surface area contributed by atoms with Gasteiger partial charge in [0, 0.05) is 18.7 Å². The van der Waals surface area contributed by atoms with Crippen molar-refractivity contribution in [2.75, 3.05) is 19.7 Å². The van der Waals surface area contributed by atoms with Crippen molar-refractivity contribution in [3.63, 3.8) is 0 Å². The minimum absolute atomic E-state index is 0.0198. The van der Waals surface area contributed by atoms with Gasteiger partial charge in [0.05, 0.1) is 0 Å². The van der Waals surface area contributed by atoms with Crippen LogP contribution in [0.15, 0.2) is 24.3 Å². The van der Waals surface area contributed by atoms with Gasteiger partial charge in [-0.3, -0.25) is 4.79 Å². The van der Waals surface area contributed by atoms with Crippen LogP contribution in [0.2, 0.25) is 0 Å². The molecule has 1 heterocycles. The van der Waals surface area contributed by atoms with Gasteiger partial charge in [-0.2, -0.15) is 0 Å². The number of hydrogen-bond acceptors (Lipinski definition) is 2. The monoisotopic (exact) mass is 253 g/mol. The highest BCUT2D eigenvalue weighted by Gasteiger charge is 2.20. The SMILES string of the molecule is O=C(CO)N1CC=C(c2c(F)cccc2F)CC1. The molecular formula is C13H13F2NO2. The van der Waals surface area contributed by atoms with E-state index in [1.165, 1.54) is 23.1 Å². The summed E-state index contributed by atoms with van der Waals surface area (Å²) in [5.74, 6) is -1.56. The van der Waals surface area contributed by atoms with E-state index in [1.54, 1.807) is 6.08 Å². The normalized spacial score (nSPS) is 15.5. The predicted molar refractivity (Wildman–Crippen MR) is 62.6 cm³/mol. The highest BCUT2D eigenvalue weighted by molar-refractivity contribution is 5.79. The number of aliphatic hydroxyl groups excluding tert-OH is 1. The molecule has 0 spiro atoms. The number of benzene rings is 1. The van der Waals surface area contributed by atoms with E-state index in [0.29, 0.717) is 18.5 Å². The van der Waals surface area contributed by atoms with Crippen LogP contribution < -0.4 is 0 Å². The summed E-state index contributed by atoms with van der Waals surface area (Å²) in [6.07, 6.45) is 2.00. The number of hydrogen-bond donors (Lipinski definition) is 1. The van der Waals surface area contributed by atoms with Crippen LogP contribution in [-0.2, 0) is 4.79 Å². The molecule has 0 radical (unpaired) electrons. The average molecular weight is 253 g/mol. The molecule has 3 nitrogen and oxygen atoms in total. The second-order valence-corrected chi connectivity index (χ2v) is 4.07. The molecule has 1 amide bonds. The Bertz CT molecular complexity index is 480. The maximum Gasteiger partial charge on any atom is 0.248 e. The summed E-state index contributed by atoms with van der Waals surface area (Å²) in [5, 5.41) is 8.73. The lowest BCUT2D eigenvalue weighted by atomic mass is 9.98. The molecule has 0 unspecified atom stereocenters. The van der Waals surface area contributed by atoms with Gasteiger partial charge in [0.2, 0.25) is 5.91 Å². The number of aliphatic hydroxyl groups is 1. The zero-order valence-electron chi connectivity index (χ0n) is 9.70. The van der Waals surface area contributed by atoms with Gasteiger partial charge in [-0.05, 0) is 24.1 Å². The first-order valence-electron chi connectivity index (χ1n) is 5.65. The minimum atomic E-state index is -0.594. The first-order chi connectivity index (χ1) is 8.63. The highest BCUT2D eigenvalue weighted by Crippen LogP contribution is 2.27. The Balaban J connectivity index is 2.22. The van der Waals surface area contributed by atoms with Crippen molar-refractivity contribution in [3.8, 4) is 0 Å². The summed E-state index contributed by atoms with van der Waals surface area (Å²) >= 11 is 0. The van der Waals surface area contributed by atoms with Gasteiger partial charge in [0.1, 0.15) is 18.2 Å². The van der Waals surface area contributed by atoms with Crippen molar-refractivity contribution in [2.24, 2.45) is 0 Å². The fourth-order valence-electron chi connectivity index (χ4n) is 2.03. The highest BCUT2D eigenvalue weighted by atomic mass is 19.1. The first kappa shape index (κ1) is 12.7. The standard InChI is InChI=1S/C13H13F2NO2/c14-10-2-1-3-11(15)13(10)9-4-6-16(7-5-9)12(18)8-17/h1-4,17H,5-8H2. The lowest BCUT2D eigenvalue weighted by Crippen LogP contribution is -2.36. The van der Waals surface area contributed by atoms with Crippen LogP contribution in [0.4, 0.5) is 8.78 Å². The molecule has 0 saturated heterocycles. The van der Waals surface area contributed by atoms with Gasteiger partial charge in [-0.1, -0.05) is 12.1 Å². The molecule has 1 N–H and O–H groups in total. The summed E-state index contributed by atoms with van der Waals surface area (Å²) in [6, 6.07) is 3.74. The first-order valence-corrected chi connectivity index (χ1v) is 5.65. The van der Waals surface area contributed by atoms with Gasteiger partial charge in [0.25, 0.3) is 0 Å². The molecule has 0 aromatic heterocycles. The Morgan fingerprint density at radius 1 is 1.33 bits per heavy atom. The van der Waals surface area contributed by atoms with Crippen molar-refractivity contribution in [1.82, 2.24) is 4.90 Å². The fourth-order valence-corrected chi connectivity index (χ4v) is 2.03. The van der Waals surface area contributed by atoms with Gasteiger partial charge in [-0.25, -0.2) is 8.78 Å². The van der Waals surface area contributed by atoms with Crippen molar-refractivity contribution >= 4 is 11.5 Å². The third-order valence-electron chi connectivity index (χ3n) is 2.98. The molecule has 2 rings (SSSR count). The zero-order valence-corrected chi connectivity index (χ0v) is 9.70. The van der Waals surface area contributed by atoms with Crippen molar-refractivity contribution in [1.29, 1.82) is 0 Å². The number of halogens is 2. The maximum atomic E-state index is 13.6. The Morgan fingerprint density at radius 2 is 2.00 bits per heavy atom. The van der Waals surface area contributed by atoms with Gasteiger partial charge in [0.15, 0.2) is 0 Å². The molecular weight excluding hydrogens is 240 g/mol. The van der Waals surface area contributed by atoms with E-state index in [4.69, 9.17) is 5.11 Å². The summed E-state index contributed by atoms with van der Waals surface area (Å²) in [6.45, 7) is 0.0821. The second-order valence-electron chi connectivity index (χ2n) is 4.07. The Labute approximate surface area is 103 Å². The number of nitrogens with zero attached hydrogens (tertiary/aromatic N) is 1. The van der Waals surface area contributed by atoms with Crippen molar-refractivity contribution in [3.05, 3.63) is 41.5 Å². The molecule has 0 fully saturated rings. The Hall–Kier alpha value is -1.75. The maximum absolute atomic E-state index is 13.6. The van der Waals surface area contributed by atoms with E-state index in [1.807, 2.05) is 0 Å². The molecule has 1 aliphatic heterocycles. The van der Waals surface area contributed by atoms with E-state index in [2.05, 4.69) is 0 Å². The smallest absolute Gasteiger partial charge is 0.248 e. The van der Waals surface area contributed by atoms with Gasteiger partial charge in [-0.15, -0.1) is 0 Å². The quantitative estimate of drug-likeness (QED) is 0.869. The van der Waals surface area contributed by atoms with Crippen LogP contribution in [-0.4, -0.2) is 35.6 Å². The molecule has 1 aliphatic rings. The summed E-state index contributed by atoms with van der Waals surface area (Å²) in [4.78, 5) is 12.7. The number of carbonyl (C=O) groups excluding carboxylic acids is 1. The van der Waals surface area contributed by atoms with Crippen molar-refractivity contribution in [2.45, 2.75) is 6.42 Å². The summed E-state index contributed by atoms with van der Waals surface area (Å²) in [7, 11) is 0. The van der Waals surface area contributed by atoms with Crippen LogP contribution in [0, 0.1) is 11.6 Å². The van der Waals surface area contributed by atoms with E-state index in [0.717, 1.165) is 0 Å². The van der Waals surface area contributed by atoms with Gasteiger partial charge >= 0.3 is 0 Å². The van der Waals surface area contributed by atoms with E-state index in [-0.39, 0.29) is 18.0 Å². The third kappa shape index (κ3) is 2.41. The van der Waals surface area contributed by atoms with E-state index in [9.17, 15) is 13.6 Å². The molecule has 0 atom stereocenters. The molecule has 1 aromatic carbocycles. The van der Waals surface area contributed by atoms with Crippen LogP contribution >= 0.6 is 0 Å². The van der Waals surface area contributed by atoms with E-state index >= 15 is 0 Å². The summed E-state index contributed by atoms with van der Waals surface area (Å²) < 4.78 is 27.1. The molecule has 1 aromatic rings. The second kappa shape index (κ2) is 5.27. The summed E-state index contributed by atoms with van der Waals surface area (Å²) in [5.41, 5.74) is 0.543. The minimum Gasteiger partial charge on any atom is -0.387 e. The third-order valence-corrected chi connectivity index (χ3v) is 2.98. The van der Waals surface area contributed by atoms with Crippen LogP contribution in [0.3, 0.4) is 0 Å². The topological polar surface area (TPSA) is 40.5 Å². The van der Waals surface area contributed by atoms with Crippen LogP contribution in [0.1, 0.15) is 12.0 Å². The molecule has 96 valence electrons. The number of amides is 1. The number of carbonyl (C=O) groups is 1. The average Bonchev–Trinajstić information content (AvgIpc) is 2.38. The van der Waals surface area contributed by atoms with E-state index < -0.39 is 18.2 Å². The lowest BCUT2D eigenvalue weighted by Gasteiger charge is -2.26. The molecule has 5 heteroatoms. The van der Waals surface area contributed by atoms with Crippen molar-refractivity contribution < 1.29 is 18.7 Å². The molecule has 0 saturated carbocycles. The lowest BCUT2D eigenvalue weighted by molar-refractivity contribution is -0.133. The largest absolute Gasteiger partial charge is 0.387 e.